The molecular weight excluding hydrogens is 979 g/mol. The summed E-state index contributed by atoms with van der Waals surface area (Å²) in [5.74, 6) is 0.832. The number of anilines is 2. The lowest BCUT2D eigenvalue weighted by atomic mass is 9.42. The average molecular weight is 1080 g/mol. The molecule has 4 aliphatic rings. The number of hydrogen-bond donors (Lipinski definition) is 5. The van der Waals surface area contributed by atoms with Crippen molar-refractivity contribution in [2.24, 2.45) is 46.3 Å². The molecule has 4 saturated carbocycles. The molecule has 3 aromatic rings. The van der Waals surface area contributed by atoms with Gasteiger partial charge in [0.05, 0.1) is 11.5 Å². The summed E-state index contributed by atoms with van der Waals surface area (Å²) in [4.78, 5) is 41.9. The van der Waals surface area contributed by atoms with Gasteiger partial charge < -0.3 is 26.0 Å². The first-order chi connectivity index (χ1) is 37.2. The maximum atomic E-state index is 14.2. The number of fused-ring (bicyclic) bond motifs is 5. The van der Waals surface area contributed by atoms with Gasteiger partial charge in [-0.2, -0.15) is 0 Å². The quantitative estimate of drug-likeness (QED) is 0.0331. The number of benzene rings is 3. The van der Waals surface area contributed by atoms with E-state index >= 15 is 0 Å². The summed E-state index contributed by atoms with van der Waals surface area (Å²) >= 11 is 0. The molecule has 4 fully saturated rings. The highest BCUT2D eigenvalue weighted by molar-refractivity contribution is 7.89. The summed E-state index contributed by atoms with van der Waals surface area (Å²) < 4.78 is 36.5. The topological polar surface area (TPSA) is 155 Å². The van der Waals surface area contributed by atoms with Gasteiger partial charge in [0, 0.05) is 35.9 Å². The van der Waals surface area contributed by atoms with Gasteiger partial charge in [-0.15, -0.1) is 0 Å². The van der Waals surface area contributed by atoms with Crippen molar-refractivity contribution in [3.63, 3.8) is 0 Å². The second kappa shape index (κ2) is 29.7. The Morgan fingerprint density at radius 3 is 1.73 bits per heavy atom. The minimum atomic E-state index is -3.75. The summed E-state index contributed by atoms with van der Waals surface area (Å²) in [5, 5.41) is 13.3. The molecule has 77 heavy (non-hydrogen) atoms. The summed E-state index contributed by atoms with van der Waals surface area (Å²) in [7, 11) is -3.75. The van der Waals surface area contributed by atoms with Crippen molar-refractivity contribution in [1.29, 1.82) is 0 Å². The van der Waals surface area contributed by atoms with E-state index in [2.05, 4.69) is 53.7 Å². The van der Waals surface area contributed by atoms with Crippen LogP contribution in [-0.4, -0.2) is 51.2 Å². The van der Waals surface area contributed by atoms with Gasteiger partial charge in [0.2, 0.25) is 10.0 Å². The van der Waals surface area contributed by atoms with Gasteiger partial charge in [-0.1, -0.05) is 191 Å². The molecule has 0 aliphatic heterocycles. The van der Waals surface area contributed by atoms with E-state index in [-0.39, 0.29) is 87.4 Å². The fraction of sp³-hybridized carbons (Fsp3) is 0.677. The number of amides is 4. The molecule has 0 unspecified atom stereocenters. The molecule has 0 heterocycles. The van der Waals surface area contributed by atoms with Gasteiger partial charge in [-0.05, 0) is 147 Å². The standard InChI is InChI=1S/C65H99N5O6S/c1-6-7-8-9-10-11-12-13-14-15-16-17-18-19-20-21-22-29-44-76-60(71)41-36-49(3)55-39-40-56-61-57(47-59(65(55,56)5)69-63(73)67-52-32-27-24-28-33-52)64(4)43-42-53(70-77(74,75)54-37-34-48(2)35-38-54)45-50(64)46-58(61)68-62(72)66-51-30-25-23-26-31-51/h23-28,30-35,37-38,49-50,53,55-59,61,70H,6-22,29,36,39-47H2,1-5H3,(H2,66,68,72)(H2,67,69,73)/t49-,50+,53-,55-,56+,57+,58-,59+,61+,64+,65-/m1/s1. The van der Waals surface area contributed by atoms with Crippen molar-refractivity contribution in [3.8, 4) is 0 Å². The first-order valence-corrected chi connectivity index (χ1v) is 32.2. The van der Waals surface area contributed by atoms with E-state index in [0.717, 1.165) is 61.9 Å². The van der Waals surface area contributed by atoms with Crippen molar-refractivity contribution in [3.05, 3.63) is 90.5 Å². The largest absolute Gasteiger partial charge is 0.466 e. The maximum Gasteiger partial charge on any atom is 0.319 e. The third kappa shape index (κ3) is 16.8. The Bertz CT molecular complexity index is 2370. The smallest absolute Gasteiger partial charge is 0.319 e. The van der Waals surface area contributed by atoms with Crippen LogP contribution in [0.5, 0.6) is 0 Å². The number of hydrogen-bond acceptors (Lipinski definition) is 6. The number of unbranched alkanes of at least 4 members (excludes halogenated alkanes) is 17. The first-order valence-electron chi connectivity index (χ1n) is 30.7. The summed E-state index contributed by atoms with van der Waals surface area (Å²) in [6.07, 6.45) is 30.5. The van der Waals surface area contributed by atoms with Crippen molar-refractivity contribution in [2.75, 3.05) is 17.2 Å². The summed E-state index contributed by atoms with van der Waals surface area (Å²) in [6, 6.07) is 25.0. The van der Waals surface area contributed by atoms with Crippen LogP contribution < -0.4 is 26.0 Å². The third-order valence-electron chi connectivity index (χ3n) is 19.5. The second-order valence-electron chi connectivity index (χ2n) is 24.8. The van der Waals surface area contributed by atoms with Gasteiger partial charge in [0.15, 0.2) is 0 Å². The molecule has 5 N–H and O–H groups in total. The van der Waals surface area contributed by atoms with E-state index in [1.807, 2.05) is 79.7 Å². The van der Waals surface area contributed by atoms with E-state index in [4.69, 9.17) is 4.74 Å². The fourth-order valence-corrected chi connectivity index (χ4v) is 16.5. The molecule has 0 spiro atoms. The minimum absolute atomic E-state index is 0.115. The van der Waals surface area contributed by atoms with Crippen molar-refractivity contribution >= 4 is 39.4 Å². The highest BCUT2D eigenvalue weighted by Crippen LogP contribution is 2.68. The highest BCUT2D eigenvalue weighted by atomic mass is 32.2. The molecule has 0 bridgehead atoms. The number of carbonyl (C=O) groups is 3. The van der Waals surface area contributed by atoms with Gasteiger partial charge in [-0.25, -0.2) is 22.7 Å². The molecule has 11 atom stereocenters. The zero-order valence-electron chi connectivity index (χ0n) is 47.9. The Labute approximate surface area is 465 Å². The van der Waals surface area contributed by atoms with Crippen LogP contribution in [0.15, 0.2) is 89.8 Å². The van der Waals surface area contributed by atoms with Gasteiger partial charge >= 0.3 is 18.0 Å². The molecular formula is C65H99N5O6S. The molecule has 7 rings (SSSR count). The molecule has 4 aliphatic carbocycles. The number of para-hydroxylation sites is 2. The number of aryl methyl sites for hydroxylation is 1. The molecule has 0 radical (unpaired) electrons. The SMILES string of the molecule is CCCCCCCCCCCCCCCCCCCCOC(=O)CC[C@@H](C)[C@H]1CC[C@H]2[C@@H]3[C@H](NC(=O)Nc4ccccc4)C[C@@H]4C[C@H](NS(=O)(=O)c5ccc(C)cc5)CC[C@]4(C)[C@H]3C[C@H](NC(=O)Nc3ccccc3)[C@]12C. The molecule has 426 valence electrons. The Kier molecular flexibility index (Phi) is 23.2. The zero-order chi connectivity index (χ0) is 54.7. The zero-order valence-corrected chi connectivity index (χ0v) is 48.8. The fourth-order valence-electron chi connectivity index (χ4n) is 15.2. The molecule has 12 heteroatoms. The lowest BCUT2D eigenvalue weighted by Gasteiger charge is -2.65. The van der Waals surface area contributed by atoms with Crippen molar-refractivity contribution in [2.45, 2.75) is 231 Å². The molecule has 0 saturated heterocycles. The lowest BCUT2D eigenvalue weighted by molar-refractivity contribution is -0.145. The van der Waals surface area contributed by atoms with E-state index in [0.29, 0.717) is 32.3 Å². The summed E-state index contributed by atoms with van der Waals surface area (Å²) in [6.45, 7) is 11.8. The normalized spacial score (nSPS) is 27.1. The predicted molar refractivity (Wildman–Crippen MR) is 314 cm³/mol. The van der Waals surface area contributed by atoms with Gasteiger partial charge in [-0.3, -0.25) is 4.79 Å². The molecule has 4 amide bonds. The Balaban J connectivity index is 0.964. The van der Waals surface area contributed by atoms with Crippen LogP contribution in [0.4, 0.5) is 21.0 Å². The van der Waals surface area contributed by atoms with Gasteiger partial charge in [0.1, 0.15) is 0 Å². The Hall–Kier alpha value is -4.42. The van der Waals surface area contributed by atoms with E-state index in [1.165, 1.54) is 103 Å². The number of sulfonamides is 1. The Morgan fingerprint density at radius 1 is 0.636 bits per heavy atom. The van der Waals surface area contributed by atoms with Crippen molar-refractivity contribution < 1.29 is 27.5 Å². The van der Waals surface area contributed by atoms with E-state index < -0.39 is 10.0 Å². The summed E-state index contributed by atoms with van der Waals surface area (Å²) in [5.41, 5.74) is 1.94. The van der Waals surface area contributed by atoms with Crippen LogP contribution in [0.2, 0.25) is 0 Å². The third-order valence-corrected chi connectivity index (χ3v) is 21.1. The second-order valence-corrected chi connectivity index (χ2v) is 26.5. The van der Waals surface area contributed by atoms with Crippen LogP contribution in [0.1, 0.15) is 207 Å². The highest BCUT2D eigenvalue weighted by Gasteiger charge is 2.66. The van der Waals surface area contributed by atoms with Crippen LogP contribution in [0.3, 0.4) is 0 Å². The van der Waals surface area contributed by atoms with Gasteiger partial charge in [0.25, 0.3) is 0 Å². The number of nitrogens with one attached hydrogen (secondary N) is 5. The van der Waals surface area contributed by atoms with Crippen LogP contribution >= 0.6 is 0 Å². The monoisotopic (exact) mass is 1080 g/mol. The predicted octanol–water partition coefficient (Wildman–Crippen LogP) is 15.9. The van der Waals surface area contributed by atoms with Crippen LogP contribution in [-0.2, 0) is 19.6 Å². The number of ether oxygens (including phenoxy) is 1. The van der Waals surface area contributed by atoms with Crippen molar-refractivity contribution in [1.82, 2.24) is 15.4 Å². The number of rotatable bonds is 30. The average Bonchev–Trinajstić information content (AvgIpc) is 3.97. The Morgan fingerprint density at radius 2 is 1.17 bits per heavy atom. The van der Waals surface area contributed by atoms with E-state index in [1.54, 1.807) is 12.1 Å². The molecule has 11 nitrogen and oxygen atoms in total. The van der Waals surface area contributed by atoms with E-state index in [9.17, 15) is 22.8 Å². The molecule has 0 aromatic heterocycles. The number of urea groups is 2. The van der Waals surface area contributed by atoms with Crippen LogP contribution in [0, 0.1) is 53.3 Å². The number of esters is 1. The number of carbonyl (C=O) groups excluding carboxylic acids is 3. The molecule has 3 aromatic carbocycles. The maximum absolute atomic E-state index is 14.2. The lowest BCUT2D eigenvalue weighted by Crippen LogP contribution is -2.68. The minimum Gasteiger partial charge on any atom is -0.466 e. The first kappa shape index (κ1) is 60.2. The van der Waals surface area contributed by atoms with Crippen LogP contribution in [0.25, 0.3) is 0 Å².